The lowest BCUT2D eigenvalue weighted by molar-refractivity contribution is -0.0887. The van der Waals surface area contributed by atoms with Gasteiger partial charge in [0.15, 0.2) is 0 Å². The molecule has 0 spiro atoms. The van der Waals surface area contributed by atoms with Crippen LogP contribution >= 0.6 is 0 Å². The quantitative estimate of drug-likeness (QED) is 0.802. The van der Waals surface area contributed by atoms with Crippen LogP contribution in [0.4, 0.5) is 0 Å². The minimum absolute atomic E-state index is 0.493. The second kappa shape index (κ2) is 3.43. The molecule has 0 bridgehead atoms. The topological polar surface area (TPSA) is 33.4 Å². The van der Waals surface area contributed by atoms with Gasteiger partial charge in [-0.05, 0) is 36.8 Å². The highest BCUT2D eigenvalue weighted by Gasteiger charge is 2.44. The largest absolute Gasteiger partial charge is 0.469 e. The molecule has 14 heavy (non-hydrogen) atoms. The average molecular weight is 194 g/mol. The van der Waals surface area contributed by atoms with Gasteiger partial charge in [-0.2, -0.15) is 0 Å². The Kier molecular flexibility index (Phi) is 2.40. The van der Waals surface area contributed by atoms with E-state index >= 15 is 0 Å². The summed E-state index contributed by atoms with van der Waals surface area (Å²) in [5.74, 6) is 2.27. The van der Waals surface area contributed by atoms with Gasteiger partial charge in [0.2, 0.25) is 0 Å². The molecule has 1 aliphatic rings. The summed E-state index contributed by atoms with van der Waals surface area (Å²) in [4.78, 5) is 0. The molecule has 0 unspecified atom stereocenters. The molecule has 0 amide bonds. The van der Waals surface area contributed by atoms with Crippen LogP contribution in [0.1, 0.15) is 32.4 Å². The van der Waals surface area contributed by atoms with Crippen molar-refractivity contribution in [1.29, 1.82) is 0 Å². The summed E-state index contributed by atoms with van der Waals surface area (Å²) in [5, 5.41) is 10.1. The molecule has 0 aliphatic heterocycles. The zero-order valence-corrected chi connectivity index (χ0v) is 8.86. The second-order valence-electron chi connectivity index (χ2n) is 4.89. The van der Waals surface area contributed by atoms with E-state index in [1.807, 2.05) is 12.1 Å². The zero-order valence-electron chi connectivity index (χ0n) is 8.86. The first-order chi connectivity index (χ1) is 6.59. The Morgan fingerprint density at radius 2 is 2.29 bits per heavy atom. The van der Waals surface area contributed by atoms with Gasteiger partial charge in [0.25, 0.3) is 0 Å². The van der Waals surface area contributed by atoms with Gasteiger partial charge < -0.3 is 9.52 Å². The number of hydrogen-bond donors (Lipinski definition) is 1. The van der Waals surface area contributed by atoms with Crippen LogP contribution in [0.2, 0.25) is 0 Å². The fourth-order valence-electron chi connectivity index (χ4n) is 2.27. The summed E-state index contributed by atoms with van der Waals surface area (Å²) in [6.45, 7) is 4.44. The highest BCUT2D eigenvalue weighted by atomic mass is 16.3. The predicted molar refractivity (Wildman–Crippen MR) is 54.9 cm³/mol. The van der Waals surface area contributed by atoms with E-state index in [9.17, 15) is 5.11 Å². The van der Waals surface area contributed by atoms with Crippen LogP contribution in [0.5, 0.6) is 0 Å². The summed E-state index contributed by atoms with van der Waals surface area (Å²) in [5.41, 5.74) is -0.493. The van der Waals surface area contributed by atoms with Crippen LogP contribution in [0.3, 0.4) is 0 Å². The Balaban J connectivity index is 1.89. The normalized spacial score (nSPS) is 31.9. The third-order valence-electron chi connectivity index (χ3n) is 3.31. The van der Waals surface area contributed by atoms with E-state index in [2.05, 4.69) is 13.8 Å². The molecule has 78 valence electrons. The Morgan fingerprint density at radius 1 is 1.57 bits per heavy atom. The van der Waals surface area contributed by atoms with E-state index in [0.717, 1.165) is 18.6 Å². The van der Waals surface area contributed by atoms with Crippen molar-refractivity contribution in [2.24, 2.45) is 11.8 Å². The number of furan rings is 1. The molecule has 1 aliphatic carbocycles. The summed E-state index contributed by atoms with van der Waals surface area (Å²) in [6.07, 6.45) is 4.18. The molecule has 1 N–H and O–H groups in total. The van der Waals surface area contributed by atoms with Gasteiger partial charge in [-0.15, -0.1) is 0 Å². The van der Waals surface area contributed by atoms with Crippen molar-refractivity contribution in [3.05, 3.63) is 24.2 Å². The summed E-state index contributed by atoms with van der Waals surface area (Å²) in [7, 11) is 0. The minimum atomic E-state index is -0.493. The Hall–Kier alpha value is -0.760. The van der Waals surface area contributed by atoms with Gasteiger partial charge >= 0.3 is 0 Å². The monoisotopic (exact) mass is 194 g/mol. The fourth-order valence-corrected chi connectivity index (χ4v) is 2.27. The average Bonchev–Trinajstić information content (AvgIpc) is 2.51. The van der Waals surface area contributed by atoms with E-state index < -0.39 is 5.60 Å². The molecule has 2 nitrogen and oxygen atoms in total. The number of rotatable bonds is 3. The maximum absolute atomic E-state index is 10.1. The molecule has 0 saturated heterocycles. The Labute approximate surface area is 84.9 Å². The molecule has 1 aromatic rings. The van der Waals surface area contributed by atoms with E-state index in [0.29, 0.717) is 18.3 Å². The lowest BCUT2D eigenvalue weighted by Crippen LogP contribution is -2.47. The molecule has 0 radical (unpaired) electrons. The molecule has 2 heteroatoms. The lowest BCUT2D eigenvalue weighted by Gasteiger charge is -2.45. The van der Waals surface area contributed by atoms with E-state index in [1.54, 1.807) is 6.26 Å². The van der Waals surface area contributed by atoms with Crippen molar-refractivity contribution in [2.45, 2.75) is 38.7 Å². The maximum atomic E-state index is 10.1. The molecular formula is C12H18O2. The first kappa shape index (κ1) is 9.78. The second-order valence-corrected chi connectivity index (χ2v) is 4.89. The molecular weight excluding hydrogens is 176 g/mol. The molecule has 1 saturated carbocycles. The highest BCUT2D eigenvalue weighted by Crippen LogP contribution is 2.43. The first-order valence-electron chi connectivity index (χ1n) is 5.34. The van der Waals surface area contributed by atoms with Crippen LogP contribution in [0.25, 0.3) is 0 Å². The Bertz CT molecular complexity index is 281. The standard InChI is InChI=1S/C12H18O2/c1-9(2)10-6-12(13,7-10)8-11-4-3-5-14-11/h3-5,9-10,13H,6-8H2,1-2H3. The molecule has 1 fully saturated rings. The van der Waals surface area contributed by atoms with Gasteiger partial charge in [-0.3, -0.25) is 0 Å². The van der Waals surface area contributed by atoms with Crippen LogP contribution in [0.15, 0.2) is 22.8 Å². The zero-order chi connectivity index (χ0) is 10.2. The predicted octanol–water partition coefficient (Wildman–Crippen LogP) is 2.62. The molecule has 1 heterocycles. The van der Waals surface area contributed by atoms with E-state index in [-0.39, 0.29) is 0 Å². The van der Waals surface area contributed by atoms with Crippen molar-refractivity contribution in [3.8, 4) is 0 Å². The highest BCUT2D eigenvalue weighted by molar-refractivity contribution is 5.07. The van der Waals surface area contributed by atoms with Gasteiger partial charge in [0.05, 0.1) is 11.9 Å². The smallest absolute Gasteiger partial charge is 0.106 e. The van der Waals surface area contributed by atoms with Crippen LogP contribution in [-0.4, -0.2) is 10.7 Å². The van der Waals surface area contributed by atoms with Crippen molar-refractivity contribution < 1.29 is 9.52 Å². The maximum Gasteiger partial charge on any atom is 0.106 e. The summed E-state index contributed by atoms with van der Waals surface area (Å²) < 4.78 is 5.24. The summed E-state index contributed by atoms with van der Waals surface area (Å²) in [6, 6.07) is 3.80. The van der Waals surface area contributed by atoms with Crippen LogP contribution in [-0.2, 0) is 6.42 Å². The van der Waals surface area contributed by atoms with Crippen LogP contribution < -0.4 is 0 Å². The minimum Gasteiger partial charge on any atom is -0.469 e. The third kappa shape index (κ3) is 1.85. The van der Waals surface area contributed by atoms with Gasteiger partial charge in [0.1, 0.15) is 5.76 Å². The SMILES string of the molecule is CC(C)C1CC(O)(Cc2ccco2)C1. The summed E-state index contributed by atoms with van der Waals surface area (Å²) >= 11 is 0. The number of hydrogen-bond acceptors (Lipinski definition) is 2. The third-order valence-corrected chi connectivity index (χ3v) is 3.31. The van der Waals surface area contributed by atoms with Crippen molar-refractivity contribution in [3.63, 3.8) is 0 Å². The first-order valence-corrected chi connectivity index (χ1v) is 5.34. The van der Waals surface area contributed by atoms with Crippen molar-refractivity contribution in [1.82, 2.24) is 0 Å². The van der Waals surface area contributed by atoms with Crippen molar-refractivity contribution >= 4 is 0 Å². The molecule has 0 aromatic carbocycles. The van der Waals surface area contributed by atoms with Crippen molar-refractivity contribution in [2.75, 3.05) is 0 Å². The van der Waals surface area contributed by atoms with E-state index in [1.165, 1.54) is 0 Å². The van der Waals surface area contributed by atoms with Gasteiger partial charge in [-0.1, -0.05) is 13.8 Å². The van der Waals surface area contributed by atoms with E-state index in [4.69, 9.17) is 4.42 Å². The van der Waals surface area contributed by atoms with Gasteiger partial charge in [0, 0.05) is 6.42 Å². The molecule has 2 rings (SSSR count). The number of aliphatic hydroxyl groups is 1. The lowest BCUT2D eigenvalue weighted by atomic mass is 9.65. The Morgan fingerprint density at radius 3 is 2.79 bits per heavy atom. The van der Waals surface area contributed by atoms with Crippen LogP contribution in [0, 0.1) is 11.8 Å². The molecule has 0 atom stereocenters. The van der Waals surface area contributed by atoms with Gasteiger partial charge in [-0.25, -0.2) is 0 Å². The fraction of sp³-hybridized carbons (Fsp3) is 0.667. The molecule has 1 aromatic heterocycles.